The molecule has 0 aliphatic carbocycles. The molecule has 1 unspecified atom stereocenters. The van der Waals surface area contributed by atoms with Gasteiger partial charge in [-0.2, -0.15) is 0 Å². The summed E-state index contributed by atoms with van der Waals surface area (Å²) in [6.07, 6.45) is 2.42. The van der Waals surface area contributed by atoms with Crippen molar-refractivity contribution in [1.29, 1.82) is 0 Å². The summed E-state index contributed by atoms with van der Waals surface area (Å²) in [5.41, 5.74) is 4.26. The standard InChI is InChI=1S/C21H17Se/c1-3-9-17(10-4-1)21-15-18-11-7-8-12-19(18)16-22(21)20-13-5-2-6-14-20/h1-15H,16H2/q+1. The van der Waals surface area contributed by atoms with Gasteiger partial charge in [0.05, 0.1) is 0 Å². The fraction of sp³-hybridized carbons (Fsp3) is 0.0476. The van der Waals surface area contributed by atoms with Crippen LogP contribution in [0.5, 0.6) is 0 Å². The Morgan fingerprint density at radius 2 is 1.27 bits per heavy atom. The van der Waals surface area contributed by atoms with E-state index in [2.05, 4.69) is 91.0 Å². The first-order valence-electron chi connectivity index (χ1n) is 7.53. The molecule has 0 spiro atoms. The van der Waals surface area contributed by atoms with Crippen molar-refractivity contribution < 1.29 is 0 Å². The summed E-state index contributed by atoms with van der Waals surface area (Å²) in [6, 6.07) is 30.8. The third-order valence-corrected chi connectivity index (χ3v) is 8.87. The summed E-state index contributed by atoms with van der Waals surface area (Å²) in [4.78, 5) is 0. The Balaban J connectivity index is 1.87. The molecule has 1 aliphatic rings. The van der Waals surface area contributed by atoms with E-state index in [9.17, 15) is 0 Å². The summed E-state index contributed by atoms with van der Waals surface area (Å²) in [7, 11) is 0. The number of hydrogen-bond acceptors (Lipinski definition) is 0. The molecule has 0 nitrogen and oxygen atoms in total. The van der Waals surface area contributed by atoms with E-state index < -0.39 is 13.9 Å². The van der Waals surface area contributed by atoms with Crippen molar-refractivity contribution >= 4 is 28.9 Å². The second-order valence-electron chi connectivity index (χ2n) is 5.42. The molecule has 0 radical (unpaired) electrons. The van der Waals surface area contributed by atoms with Gasteiger partial charge in [-0.1, -0.05) is 0 Å². The average molecular weight is 348 g/mol. The molecular weight excluding hydrogens is 331 g/mol. The Kier molecular flexibility index (Phi) is 3.68. The molecule has 1 atom stereocenters. The molecule has 0 saturated heterocycles. The zero-order chi connectivity index (χ0) is 14.8. The van der Waals surface area contributed by atoms with Gasteiger partial charge in [0.2, 0.25) is 0 Å². The van der Waals surface area contributed by atoms with Crippen LogP contribution in [0.2, 0.25) is 0 Å². The monoisotopic (exact) mass is 349 g/mol. The van der Waals surface area contributed by atoms with Gasteiger partial charge in [0.25, 0.3) is 0 Å². The first-order chi connectivity index (χ1) is 10.9. The van der Waals surface area contributed by atoms with Gasteiger partial charge in [-0.25, -0.2) is 0 Å². The number of hydrogen-bond donors (Lipinski definition) is 0. The quantitative estimate of drug-likeness (QED) is 0.607. The van der Waals surface area contributed by atoms with E-state index in [1.807, 2.05) is 0 Å². The molecule has 22 heavy (non-hydrogen) atoms. The van der Waals surface area contributed by atoms with Crippen molar-refractivity contribution in [2.24, 2.45) is 0 Å². The fourth-order valence-corrected chi connectivity index (χ4v) is 7.75. The van der Waals surface area contributed by atoms with Gasteiger partial charge in [0.1, 0.15) is 0 Å². The third-order valence-electron chi connectivity index (χ3n) is 3.99. The molecule has 0 amide bonds. The predicted molar refractivity (Wildman–Crippen MR) is 96.3 cm³/mol. The number of fused-ring (bicyclic) bond motifs is 1. The van der Waals surface area contributed by atoms with E-state index in [4.69, 9.17) is 0 Å². The van der Waals surface area contributed by atoms with Crippen molar-refractivity contribution in [2.45, 2.75) is 5.32 Å². The predicted octanol–water partition coefficient (Wildman–Crippen LogP) is 4.26. The average Bonchev–Trinajstić information content (AvgIpc) is 2.62. The first-order valence-corrected chi connectivity index (χ1v) is 10.5. The van der Waals surface area contributed by atoms with E-state index in [1.54, 1.807) is 4.47 Å². The van der Waals surface area contributed by atoms with E-state index in [0.717, 1.165) is 0 Å². The Labute approximate surface area is 136 Å². The second-order valence-corrected chi connectivity index (χ2v) is 9.58. The molecular formula is C21H17Se+. The topological polar surface area (TPSA) is 0 Å². The molecule has 106 valence electrons. The Bertz CT molecular complexity index is 804. The minimum absolute atomic E-state index is 1.04. The first kappa shape index (κ1) is 13.6. The fourth-order valence-electron chi connectivity index (χ4n) is 2.88. The Hall–Kier alpha value is -2.08. The van der Waals surface area contributed by atoms with Crippen LogP contribution in [-0.4, -0.2) is 13.9 Å². The van der Waals surface area contributed by atoms with Gasteiger partial charge in [-0.3, -0.25) is 0 Å². The molecule has 0 fully saturated rings. The summed E-state index contributed by atoms with van der Waals surface area (Å²) >= 11 is -1.04. The van der Waals surface area contributed by atoms with Gasteiger partial charge in [-0.05, 0) is 0 Å². The molecule has 3 aromatic carbocycles. The van der Waals surface area contributed by atoms with Crippen molar-refractivity contribution in [2.75, 3.05) is 0 Å². The van der Waals surface area contributed by atoms with Crippen LogP contribution in [0.15, 0.2) is 84.9 Å². The Morgan fingerprint density at radius 1 is 0.636 bits per heavy atom. The van der Waals surface area contributed by atoms with E-state index in [0.29, 0.717) is 0 Å². The Morgan fingerprint density at radius 3 is 2.05 bits per heavy atom. The van der Waals surface area contributed by atoms with E-state index in [-0.39, 0.29) is 0 Å². The van der Waals surface area contributed by atoms with Crippen LogP contribution in [0.25, 0.3) is 10.5 Å². The third kappa shape index (κ3) is 2.54. The minimum atomic E-state index is -1.04. The molecule has 0 N–H and O–H groups in total. The normalized spacial score (nSPS) is 16.7. The van der Waals surface area contributed by atoms with E-state index >= 15 is 0 Å². The van der Waals surface area contributed by atoms with Crippen LogP contribution in [0.1, 0.15) is 16.7 Å². The van der Waals surface area contributed by atoms with Crippen molar-refractivity contribution in [3.8, 4) is 0 Å². The van der Waals surface area contributed by atoms with Gasteiger partial charge in [0, 0.05) is 0 Å². The van der Waals surface area contributed by atoms with Crippen LogP contribution < -0.4 is 4.46 Å². The summed E-state index contributed by atoms with van der Waals surface area (Å²) < 4.78 is 3.07. The number of benzene rings is 3. The van der Waals surface area contributed by atoms with Crippen molar-refractivity contribution in [1.82, 2.24) is 0 Å². The molecule has 1 heterocycles. The maximum atomic E-state index is 2.42. The molecule has 0 saturated carbocycles. The van der Waals surface area contributed by atoms with Crippen LogP contribution >= 0.6 is 0 Å². The number of rotatable bonds is 2. The van der Waals surface area contributed by atoms with Gasteiger partial charge in [-0.15, -0.1) is 0 Å². The van der Waals surface area contributed by atoms with Gasteiger partial charge < -0.3 is 0 Å². The van der Waals surface area contributed by atoms with Crippen LogP contribution in [0.4, 0.5) is 0 Å². The van der Waals surface area contributed by atoms with Gasteiger partial charge in [0.15, 0.2) is 0 Å². The zero-order valence-corrected chi connectivity index (χ0v) is 14.0. The second kappa shape index (κ2) is 5.96. The summed E-state index contributed by atoms with van der Waals surface area (Å²) in [5, 5.41) is 1.20. The SMILES string of the molecule is C1=C(c2ccccc2)[Se+](c2ccccc2)Cc2ccccc21. The molecule has 0 aromatic heterocycles. The van der Waals surface area contributed by atoms with Gasteiger partial charge >= 0.3 is 136 Å². The zero-order valence-electron chi connectivity index (χ0n) is 12.3. The molecule has 0 bridgehead atoms. The van der Waals surface area contributed by atoms with Crippen molar-refractivity contribution in [3.63, 3.8) is 0 Å². The van der Waals surface area contributed by atoms with Crippen LogP contribution in [0.3, 0.4) is 0 Å². The van der Waals surface area contributed by atoms with Crippen LogP contribution in [0, 0.1) is 0 Å². The molecule has 1 heteroatoms. The van der Waals surface area contributed by atoms with Crippen molar-refractivity contribution in [3.05, 3.63) is 102 Å². The summed E-state index contributed by atoms with van der Waals surface area (Å²) in [6.45, 7) is 0. The summed E-state index contributed by atoms with van der Waals surface area (Å²) in [5.74, 6) is 0. The molecule has 3 aromatic rings. The van der Waals surface area contributed by atoms with E-state index in [1.165, 1.54) is 26.5 Å². The molecule has 4 rings (SSSR count). The molecule has 1 aliphatic heterocycles. The van der Waals surface area contributed by atoms with Crippen LogP contribution in [-0.2, 0) is 5.32 Å². The maximum absolute atomic E-state index is 2.42.